The van der Waals surface area contributed by atoms with E-state index >= 15 is 0 Å². The molecule has 1 atom stereocenters. The fourth-order valence-electron chi connectivity index (χ4n) is 3.00. The minimum absolute atomic E-state index is 0.273. The second-order valence-corrected chi connectivity index (χ2v) is 6.41. The highest BCUT2D eigenvalue weighted by molar-refractivity contribution is 5.80. The number of ether oxygens (including phenoxy) is 2. The lowest BCUT2D eigenvalue weighted by Crippen LogP contribution is -2.38. The van der Waals surface area contributed by atoms with Crippen LogP contribution in [0.4, 0.5) is 0 Å². The molecule has 1 unspecified atom stereocenters. The van der Waals surface area contributed by atoms with Gasteiger partial charge < -0.3 is 24.7 Å². The van der Waals surface area contributed by atoms with Crippen molar-refractivity contribution in [3.63, 3.8) is 0 Å². The third kappa shape index (κ3) is 4.95. The van der Waals surface area contributed by atoms with Crippen LogP contribution in [0.1, 0.15) is 25.6 Å². The zero-order valence-corrected chi connectivity index (χ0v) is 15.7. The molecular weight excluding hydrogens is 330 g/mol. The molecule has 2 heterocycles. The van der Waals surface area contributed by atoms with Crippen LogP contribution in [0.15, 0.2) is 29.3 Å². The van der Waals surface area contributed by atoms with Crippen LogP contribution in [0.3, 0.4) is 0 Å². The normalized spacial score (nSPS) is 17.8. The standard InChI is InChI=1S/C19H29N5O2/c1-3-20-19(21-10-6-11-26-15-9-12-25-14-15)22-13-18-23-16-7-4-5-8-17(16)24(18)2/h4-5,7-8,15H,3,6,9-14H2,1-2H3,(H2,20,21,22). The van der Waals surface area contributed by atoms with Gasteiger partial charge in [-0.15, -0.1) is 0 Å². The highest BCUT2D eigenvalue weighted by Crippen LogP contribution is 2.14. The van der Waals surface area contributed by atoms with E-state index in [4.69, 9.17) is 9.47 Å². The lowest BCUT2D eigenvalue weighted by molar-refractivity contribution is 0.0420. The Kier molecular flexibility index (Phi) is 6.85. The molecule has 1 saturated heterocycles. The van der Waals surface area contributed by atoms with Gasteiger partial charge in [0.1, 0.15) is 12.4 Å². The number of rotatable bonds is 8. The lowest BCUT2D eigenvalue weighted by atomic mass is 10.3. The maximum Gasteiger partial charge on any atom is 0.191 e. The summed E-state index contributed by atoms with van der Waals surface area (Å²) < 4.78 is 13.2. The van der Waals surface area contributed by atoms with E-state index in [1.807, 2.05) is 25.2 Å². The molecule has 1 aromatic carbocycles. The van der Waals surface area contributed by atoms with E-state index < -0.39 is 0 Å². The van der Waals surface area contributed by atoms with Crippen molar-refractivity contribution in [2.24, 2.45) is 12.0 Å². The van der Waals surface area contributed by atoms with Gasteiger partial charge in [0.05, 0.1) is 23.7 Å². The number of nitrogens with zero attached hydrogens (tertiary/aromatic N) is 3. The van der Waals surface area contributed by atoms with Crippen molar-refractivity contribution in [3.8, 4) is 0 Å². The summed E-state index contributed by atoms with van der Waals surface area (Å²) in [5.74, 6) is 1.76. The predicted molar refractivity (Wildman–Crippen MR) is 103 cm³/mol. The van der Waals surface area contributed by atoms with Crippen LogP contribution in [0.25, 0.3) is 11.0 Å². The van der Waals surface area contributed by atoms with Crippen molar-refractivity contribution in [1.29, 1.82) is 0 Å². The number of aryl methyl sites for hydroxylation is 1. The molecule has 1 aliphatic heterocycles. The summed E-state index contributed by atoms with van der Waals surface area (Å²) in [6.07, 6.45) is 2.22. The maximum atomic E-state index is 5.78. The third-order valence-electron chi connectivity index (χ3n) is 4.46. The molecule has 1 aromatic heterocycles. The van der Waals surface area contributed by atoms with Gasteiger partial charge in [-0.05, 0) is 31.9 Å². The van der Waals surface area contributed by atoms with Crippen LogP contribution in [-0.2, 0) is 23.1 Å². The van der Waals surface area contributed by atoms with E-state index in [2.05, 4.69) is 38.2 Å². The van der Waals surface area contributed by atoms with Gasteiger partial charge in [0, 0.05) is 33.4 Å². The summed E-state index contributed by atoms with van der Waals surface area (Å²) in [6, 6.07) is 8.14. The molecule has 7 heteroatoms. The molecule has 7 nitrogen and oxygen atoms in total. The van der Waals surface area contributed by atoms with Crippen molar-refractivity contribution < 1.29 is 9.47 Å². The Labute approximate surface area is 154 Å². The Morgan fingerprint density at radius 1 is 1.38 bits per heavy atom. The van der Waals surface area contributed by atoms with Crippen molar-refractivity contribution in [2.75, 3.05) is 32.9 Å². The summed E-state index contributed by atoms with van der Waals surface area (Å²) in [4.78, 5) is 9.33. The van der Waals surface area contributed by atoms with Crippen LogP contribution < -0.4 is 10.6 Å². The minimum Gasteiger partial charge on any atom is -0.379 e. The van der Waals surface area contributed by atoms with Crippen LogP contribution >= 0.6 is 0 Å². The number of nitrogens with one attached hydrogen (secondary N) is 2. The summed E-state index contributed by atoms with van der Waals surface area (Å²) in [5, 5.41) is 6.64. The Hall–Kier alpha value is -2.12. The number of hydrogen-bond donors (Lipinski definition) is 2. The van der Waals surface area contributed by atoms with Gasteiger partial charge in [-0.1, -0.05) is 12.1 Å². The Balaban J connectivity index is 1.48. The zero-order valence-electron chi connectivity index (χ0n) is 15.7. The zero-order chi connectivity index (χ0) is 18.2. The molecule has 2 N–H and O–H groups in total. The molecule has 0 saturated carbocycles. The van der Waals surface area contributed by atoms with Crippen LogP contribution in [-0.4, -0.2) is 54.5 Å². The molecule has 0 amide bonds. The van der Waals surface area contributed by atoms with Crippen molar-refractivity contribution in [3.05, 3.63) is 30.1 Å². The minimum atomic E-state index is 0.273. The smallest absolute Gasteiger partial charge is 0.191 e. The highest BCUT2D eigenvalue weighted by Gasteiger charge is 2.15. The number of aliphatic imine (C=N–C) groups is 1. The molecule has 142 valence electrons. The van der Waals surface area contributed by atoms with E-state index in [1.165, 1.54) is 0 Å². The van der Waals surface area contributed by atoms with E-state index in [-0.39, 0.29) is 6.10 Å². The largest absolute Gasteiger partial charge is 0.379 e. The predicted octanol–water partition coefficient (Wildman–Crippen LogP) is 1.82. The summed E-state index contributed by atoms with van der Waals surface area (Å²) in [5.41, 5.74) is 2.13. The van der Waals surface area contributed by atoms with Crippen LogP contribution in [0.2, 0.25) is 0 Å². The van der Waals surface area contributed by atoms with Crippen LogP contribution in [0.5, 0.6) is 0 Å². The van der Waals surface area contributed by atoms with Crippen LogP contribution in [0, 0.1) is 0 Å². The Morgan fingerprint density at radius 3 is 3.04 bits per heavy atom. The highest BCUT2D eigenvalue weighted by atomic mass is 16.5. The average Bonchev–Trinajstić information content (AvgIpc) is 3.28. The van der Waals surface area contributed by atoms with Gasteiger partial charge >= 0.3 is 0 Å². The lowest BCUT2D eigenvalue weighted by Gasteiger charge is -2.13. The molecule has 0 aliphatic carbocycles. The number of hydrogen-bond acceptors (Lipinski definition) is 4. The van der Waals surface area contributed by atoms with Gasteiger partial charge in [0.25, 0.3) is 0 Å². The van der Waals surface area contributed by atoms with Gasteiger partial charge in [0.15, 0.2) is 5.96 Å². The quantitative estimate of drug-likeness (QED) is 0.427. The fraction of sp³-hybridized carbons (Fsp3) is 0.579. The SMILES string of the molecule is CCNC(=NCc1nc2ccccc2n1C)NCCCOC1CCOC1. The number of imidazole rings is 1. The molecule has 1 fully saturated rings. The maximum absolute atomic E-state index is 5.78. The van der Waals surface area contributed by atoms with Crippen molar-refractivity contribution in [1.82, 2.24) is 20.2 Å². The molecule has 0 radical (unpaired) electrons. The first-order chi connectivity index (χ1) is 12.8. The van der Waals surface area contributed by atoms with E-state index in [0.29, 0.717) is 6.54 Å². The molecular formula is C19H29N5O2. The molecule has 0 spiro atoms. The third-order valence-corrected chi connectivity index (χ3v) is 4.46. The summed E-state index contributed by atoms with van der Waals surface area (Å²) in [7, 11) is 2.03. The number of aromatic nitrogens is 2. The van der Waals surface area contributed by atoms with E-state index in [9.17, 15) is 0 Å². The monoisotopic (exact) mass is 359 g/mol. The summed E-state index contributed by atoms with van der Waals surface area (Å²) in [6.45, 7) is 6.54. The molecule has 1 aliphatic rings. The first-order valence-corrected chi connectivity index (χ1v) is 9.39. The molecule has 0 bridgehead atoms. The number of fused-ring (bicyclic) bond motifs is 1. The second kappa shape index (κ2) is 9.54. The van der Waals surface area contributed by atoms with Crippen molar-refractivity contribution in [2.45, 2.75) is 32.4 Å². The van der Waals surface area contributed by atoms with Crippen molar-refractivity contribution >= 4 is 17.0 Å². The van der Waals surface area contributed by atoms with Gasteiger partial charge in [0.2, 0.25) is 0 Å². The summed E-state index contributed by atoms with van der Waals surface area (Å²) >= 11 is 0. The number of para-hydroxylation sites is 2. The van der Waals surface area contributed by atoms with Gasteiger partial charge in [-0.25, -0.2) is 9.98 Å². The molecule has 2 aromatic rings. The second-order valence-electron chi connectivity index (χ2n) is 6.41. The van der Waals surface area contributed by atoms with Gasteiger partial charge in [-0.3, -0.25) is 0 Å². The van der Waals surface area contributed by atoms with E-state index in [1.54, 1.807) is 0 Å². The van der Waals surface area contributed by atoms with Gasteiger partial charge in [-0.2, -0.15) is 0 Å². The fourth-order valence-corrected chi connectivity index (χ4v) is 3.00. The molecule has 26 heavy (non-hydrogen) atoms. The number of guanidine groups is 1. The molecule has 3 rings (SSSR count). The topological polar surface area (TPSA) is 72.7 Å². The average molecular weight is 359 g/mol. The Bertz CT molecular complexity index is 722. The Morgan fingerprint density at radius 2 is 2.27 bits per heavy atom. The number of benzene rings is 1. The first kappa shape index (κ1) is 18.7. The van der Waals surface area contributed by atoms with E-state index in [0.717, 1.165) is 68.6 Å². The first-order valence-electron chi connectivity index (χ1n) is 9.39.